The molecule has 1 aromatic rings. The minimum absolute atomic E-state index is 0.168. The number of aromatic amines is 1. The monoisotopic (exact) mass is 254 g/mol. The van der Waals surface area contributed by atoms with Crippen LogP contribution in [0, 0.1) is 5.92 Å². The van der Waals surface area contributed by atoms with Gasteiger partial charge in [0.25, 0.3) is 0 Å². The molecule has 2 heterocycles. The summed E-state index contributed by atoms with van der Waals surface area (Å²) in [5.41, 5.74) is 0. The van der Waals surface area contributed by atoms with Crippen LogP contribution in [0.1, 0.15) is 25.1 Å². The quantitative estimate of drug-likeness (QED) is 0.822. The van der Waals surface area contributed by atoms with Crippen molar-refractivity contribution in [3.63, 3.8) is 0 Å². The van der Waals surface area contributed by atoms with Crippen molar-refractivity contribution < 1.29 is 4.79 Å². The lowest BCUT2D eigenvalue weighted by atomic mass is 9.98. The zero-order chi connectivity index (χ0) is 11.9. The van der Waals surface area contributed by atoms with Gasteiger partial charge in [0.15, 0.2) is 0 Å². The van der Waals surface area contributed by atoms with E-state index in [-0.39, 0.29) is 5.91 Å². The fraction of sp³-hybridized carbons (Fsp3) is 0.727. The predicted octanol–water partition coefficient (Wildman–Crippen LogP) is 0.997. The molecule has 2 rings (SSSR count). The second kappa shape index (κ2) is 6.64. The van der Waals surface area contributed by atoms with Crippen molar-refractivity contribution in [2.45, 2.75) is 25.7 Å². The lowest BCUT2D eigenvalue weighted by Crippen LogP contribution is -2.28. The number of thioether (sulfide) groups is 1. The molecule has 0 saturated carbocycles. The first-order chi connectivity index (χ1) is 8.34. The Morgan fingerprint density at radius 1 is 1.53 bits per heavy atom. The summed E-state index contributed by atoms with van der Waals surface area (Å²) < 4.78 is 0. The lowest BCUT2D eigenvalue weighted by Gasteiger charge is -2.20. The number of aromatic nitrogens is 3. The average molecular weight is 254 g/mol. The van der Waals surface area contributed by atoms with Crippen molar-refractivity contribution in [2.24, 2.45) is 5.92 Å². The van der Waals surface area contributed by atoms with E-state index in [0.717, 1.165) is 5.82 Å². The van der Waals surface area contributed by atoms with E-state index in [9.17, 15) is 4.79 Å². The summed E-state index contributed by atoms with van der Waals surface area (Å²) in [6, 6.07) is 0. The molecule has 1 aliphatic heterocycles. The maximum atomic E-state index is 11.7. The van der Waals surface area contributed by atoms with Crippen molar-refractivity contribution >= 4 is 17.7 Å². The van der Waals surface area contributed by atoms with E-state index in [1.807, 2.05) is 11.8 Å². The summed E-state index contributed by atoms with van der Waals surface area (Å²) in [4.78, 5) is 15.7. The van der Waals surface area contributed by atoms with Crippen LogP contribution in [0.4, 0.5) is 0 Å². The maximum absolute atomic E-state index is 11.7. The summed E-state index contributed by atoms with van der Waals surface area (Å²) in [5, 5.41) is 9.47. The Labute approximate surface area is 105 Å². The van der Waals surface area contributed by atoms with Crippen LogP contribution in [0.15, 0.2) is 6.33 Å². The number of hydrogen-bond donors (Lipinski definition) is 2. The van der Waals surface area contributed by atoms with Gasteiger partial charge < -0.3 is 5.32 Å². The van der Waals surface area contributed by atoms with Crippen LogP contribution in [0.3, 0.4) is 0 Å². The number of nitrogens with one attached hydrogen (secondary N) is 2. The van der Waals surface area contributed by atoms with Gasteiger partial charge in [-0.15, -0.1) is 0 Å². The smallest absolute Gasteiger partial charge is 0.220 e. The second-order valence-corrected chi connectivity index (χ2v) is 5.52. The summed E-state index contributed by atoms with van der Waals surface area (Å²) >= 11 is 1.99. The van der Waals surface area contributed by atoms with E-state index >= 15 is 0 Å². The third kappa shape index (κ3) is 4.38. The minimum atomic E-state index is 0.168. The highest BCUT2D eigenvalue weighted by molar-refractivity contribution is 7.99. The van der Waals surface area contributed by atoms with Crippen LogP contribution in [-0.2, 0) is 11.2 Å². The maximum Gasteiger partial charge on any atom is 0.220 e. The largest absolute Gasteiger partial charge is 0.356 e. The van der Waals surface area contributed by atoms with E-state index in [1.165, 1.54) is 30.7 Å². The molecule has 1 amide bonds. The molecule has 5 nitrogen and oxygen atoms in total. The Morgan fingerprint density at radius 3 is 3.06 bits per heavy atom. The standard InChI is InChI=1S/C11H18N4OS/c16-11(7-9-2-5-17-6-3-9)12-4-1-10-13-8-14-15-10/h8-9H,1-7H2,(H,12,16)(H,13,14,15). The zero-order valence-electron chi connectivity index (χ0n) is 9.82. The molecule has 1 aliphatic rings. The van der Waals surface area contributed by atoms with Crippen LogP contribution >= 0.6 is 11.8 Å². The number of hydrogen-bond acceptors (Lipinski definition) is 4. The zero-order valence-corrected chi connectivity index (χ0v) is 10.6. The summed E-state index contributed by atoms with van der Waals surface area (Å²) in [7, 11) is 0. The van der Waals surface area contributed by atoms with Crippen molar-refractivity contribution in [2.75, 3.05) is 18.1 Å². The number of nitrogens with zero attached hydrogens (tertiary/aromatic N) is 2. The summed E-state index contributed by atoms with van der Waals surface area (Å²) in [5.74, 6) is 3.98. The topological polar surface area (TPSA) is 70.7 Å². The van der Waals surface area contributed by atoms with Gasteiger partial charge in [0.1, 0.15) is 12.2 Å². The molecule has 1 aromatic heterocycles. The minimum Gasteiger partial charge on any atom is -0.356 e. The van der Waals surface area contributed by atoms with Crippen LogP contribution in [-0.4, -0.2) is 39.1 Å². The molecule has 0 unspecified atom stereocenters. The molecule has 2 N–H and O–H groups in total. The normalized spacial score (nSPS) is 16.9. The SMILES string of the molecule is O=C(CC1CCSCC1)NCCc1ncn[nH]1. The highest BCUT2D eigenvalue weighted by Crippen LogP contribution is 2.24. The van der Waals surface area contributed by atoms with Crippen LogP contribution in [0.2, 0.25) is 0 Å². The van der Waals surface area contributed by atoms with Gasteiger partial charge in [0.2, 0.25) is 5.91 Å². The third-order valence-corrected chi connectivity index (χ3v) is 4.01. The van der Waals surface area contributed by atoms with Crippen molar-refractivity contribution in [1.29, 1.82) is 0 Å². The second-order valence-electron chi connectivity index (χ2n) is 4.29. The molecule has 0 bridgehead atoms. The molecule has 0 spiro atoms. The summed E-state index contributed by atoms with van der Waals surface area (Å²) in [6.07, 6.45) is 5.24. The first kappa shape index (κ1) is 12.4. The first-order valence-electron chi connectivity index (χ1n) is 6.03. The molecule has 0 atom stereocenters. The highest BCUT2D eigenvalue weighted by Gasteiger charge is 2.16. The molecule has 0 radical (unpaired) electrons. The molecular formula is C11H18N4OS. The fourth-order valence-corrected chi connectivity index (χ4v) is 3.16. The molecule has 6 heteroatoms. The highest BCUT2D eigenvalue weighted by atomic mass is 32.2. The van der Waals surface area contributed by atoms with Gasteiger partial charge in [0, 0.05) is 19.4 Å². The number of H-pyrrole nitrogens is 1. The Bertz CT molecular complexity index is 335. The molecule has 17 heavy (non-hydrogen) atoms. The van der Waals surface area contributed by atoms with Crippen molar-refractivity contribution in [3.8, 4) is 0 Å². The van der Waals surface area contributed by atoms with Gasteiger partial charge in [-0.2, -0.15) is 16.9 Å². The Balaban J connectivity index is 1.60. The van der Waals surface area contributed by atoms with Gasteiger partial charge in [-0.1, -0.05) is 0 Å². The number of amides is 1. The lowest BCUT2D eigenvalue weighted by molar-refractivity contribution is -0.122. The molecule has 1 saturated heterocycles. The van der Waals surface area contributed by atoms with E-state index in [2.05, 4.69) is 20.5 Å². The first-order valence-corrected chi connectivity index (χ1v) is 7.19. The van der Waals surface area contributed by atoms with E-state index in [4.69, 9.17) is 0 Å². The predicted molar refractivity (Wildman–Crippen MR) is 67.8 cm³/mol. The third-order valence-electron chi connectivity index (χ3n) is 2.96. The average Bonchev–Trinajstić information content (AvgIpc) is 2.83. The molecule has 94 valence electrons. The van der Waals surface area contributed by atoms with Crippen LogP contribution in [0.5, 0.6) is 0 Å². The van der Waals surface area contributed by atoms with Gasteiger partial charge in [0.05, 0.1) is 0 Å². The van der Waals surface area contributed by atoms with E-state index < -0.39 is 0 Å². The number of rotatable bonds is 5. The van der Waals surface area contributed by atoms with Crippen molar-refractivity contribution in [3.05, 3.63) is 12.2 Å². The van der Waals surface area contributed by atoms with E-state index in [1.54, 1.807) is 0 Å². The summed E-state index contributed by atoms with van der Waals surface area (Å²) in [6.45, 7) is 0.634. The van der Waals surface area contributed by atoms with Crippen molar-refractivity contribution in [1.82, 2.24) is 20.5 Å². The molecular weight excluding hydrogens is 236 g/mol. The number of carbonyl (C=O) groups is 1. The molecule has 1 fully saturated rings. The van der Waals surface area contributed by atoms with Gasteiger partial charge in [-0.25, -0.2) is 4.98 Å². The fourth-order valence-electron chi connectivity index (χ4n) is 1.96. The Kier molecular flexibility index (Phi) is 4.85. The van der Waals surface area contributed by atoms with Gasteiger partial charge in [-0.05, 0) is 30.3 Å². The molecule has 0 aromatic carbocycles. The van der Waals surface area contributed by atoms with Crippen LogP contribution in [0.25, 0.3) is 0 Å². The Hall–Kier alpha value is -1.04. The van der Waals surface area contributed by atoms with E-state index in [0.29, 0.717) is 25.3 Å². The Morgan fingerprint density at radius 2 is 2.35 bits per heavy atom. The van der Waals surface area contributed by atoms with Crippen LogP contribution < -0.4 is 5.32 Å². The van der Waals surface area contributed by atoms with Gasteiger partial charge >= 0.3 is 0 Å². The molecule has 0 aliphatic carbocycles. The number of carbonyl (C=O) groups excluding carboxylic acids is 1. The van der Waals surface area contributed by atoms with Gasteiger partial charge in [-0.3, -0.25) is 9.89 Å².